The summed E-state index contributed by atoms with van der Waals surface area (Å²) >= 11 is 0. The first-order valence-corrected chi connectivity index (χ1v) is 9.18. The Morgan fingerprint density at radius 3 is 2.62 bits per heavy atom. The number of rotatable bonds is 5. The van der Waals surface area contributed by atoms with E-state index < -0.39 is 0 Å². The van der Waals surface area contributed by atoms with Gasteiger partial charge in [-0.3, -0.25) is 4.79 Å². The molecule has 1 N–H and O–H groups in total. The Balaban J connectivity index is 1.80. The van der Waals surface area contributed by atoms with Gasteiger partial charge in [-0.15, -0.1) is 0 Å². The van der Waals surface area contributed by atoms with Crippen molar-refractivity contribution in [1.29, 1.82) is 0 Å². The van der Waals surface area contributed by atoms with Crippen LogP contribution >= 0.6 is 0 Å². The second kappa shape index (κ2) is 7.98. The van der Waals surface area contributed by atoms with Crippen LogP contribution in [0.4, 0.5) is 5.95 Å². The number of hydrogen-bond acceptors (Lipinski definition) is 5. The van der Waals surface area contributed by atoms with Crippen molar-refractivity contribution in [3.8, 4) is 11.4 Å². The summed E-state index contributed by atoms with van der Waals surface area (Å²) in [4.78, 5) is 17.8. The van der Waals surface area contributed by atoms with E-state index in [1.54, 1.807) is 25.5 Å². The van der Waals surface area contributed by atoms with Crippen LogP contribution in [0.3, 0.4) is 0 Å². The number of aromatic nitrogens is 2. The molecular weight excluding hydrogens is 364 g/mol. The first kappa shape index (κ1) is 18.4. The summed E-state index contributed by atoms with van der Waals surface area (Å²) in [6.07, 6.45) is 1.69. The number of hydrazone groups is 1. The molecule has 0 aliphatic carbocycles. The highest BCUT2D eigenvalue weighted by Crippen LogP contribution is 2.20. The first-order chi connectivity index (χ1) is 14.2. The van der Waals surface area contributed by atoms with Crippen molar-refractivity contribution >= 4 is 23.1 Å². The van der Waals surface area contributed by atoms with Crippen LogP contribution in [0.25, 0.3) is 16.6 Å². The Hall–Kier alpha value is -3.93. The van der Waals surface area contributed by atoms with Gasteiger partial charge in [0.25, 0.3) is 5.56 Å². The molecule has 144 valence electrons. The van der Waals surface area contributed by atoms with Gasteiger partial charge in [0.2, 0.25) is 5.95 Å². The summed E-state index contributed by atoms with van der Waals surface area (Å²) in [5.74, 6) is 0.974. The fraction of sp³-hybridized carbons (Fsp3) is 0.0870. The lowest BCUT2D eigenvalue weighted by atomic mass is 10.2. The molecule has 0 aliphatic rings. The molecule has 1 aromatic heterocycles. The number of fused-ring (bicyclic) bond motifs is 1. The summed E-state index contributed by atoms with van der Waals surface area (Å²) < 4.78 is 6.80. The quantitative estimate of drug-likeness (QED) is 0.415. The Kier molecular flexibility index (Phi) is 5.07. The van der Waals surface area contributed by atoms with Crippen LogP contribution in [-0.2, 0) is 0 Å². The van der Waals surface area contributed by atoms with Crippen LogP contribution in [-0.4, -0.2) is 22.9 Å². The SMILES string of the molecule is COc1cccc(-n2c(N/N=C\c3ccc(C)cc3)nc3ccccc3c2=O)c1. The third-order valence-electron chi connectivity index (χ3n) is 4.54. The highest BCUT2D eigenvalue weighted by Gasteiger charge is 2.13. The van der Waals surface area contributed by atoms with Crippen LogP contribution < -0.4 is 15.7 Å². The van der Waals surface area contributed by atoms with Gasteiger partial charge in [0.05, 0.1) is 29.9 Å². The highest BCUT2D eigenvalue weighted by atomic mass is 16.5. The zero-order chi connectivity index (χ0) is 20.2. The van der Waals surface area contributed by atoms with Gasteiger partial charge in [-0.2, -0.15) is 5.10 Å². The molecule has 4 aromatic rings. The second-order valence-electron chi connectivity index (χ2n) is 6.58. The van der Waals surface area contributed by atoms with Gasteiger partial charge < -0.3 is 4.74 Å². The maximum atomic E-state index is 13.2. The van der Waals surface area contributed by atoms with E-state index in [-0.39, 0.29) is 5.56 Å². The fourth-order valence-corrected chi connectivity index (χ4v) is 3.01. The van der Waals surface area contributed by atoms with Gasteiger partial charge in [-0.25, -0.2) is 15.0 Å². The minimum atomic E-state index is -0.183. The predicted molar refractivity (Wildman–Crippen MR) is 116 cm³/mol. The molecule has 0 atom stereocenters. The number of ether oxygens (including phenoxy) is 1. The average molecular weight is 384 g/mol. The molecule has 0 bridgehead atoms. The zero-order valence-corrected chi connectivity index (χ0v) is 16.2. The van der Waals surface area contributed by atoms with Crippen molar-refractivity contribution in [2.24, 2.45) is 5.10 Å². The van der Waals surface area contributed by atoms with Crippen LogP contribution in [0.5, 0.6) is 5.75 Å². The standard InChI is InChI=1S/C23H20N4O2/c1-16-10-12-17(13-11-16)15-24-26-23-25-21-9-4-3-8-20(21)22(28)27(23)18-6-5-7-19(14-18)29-2/h3-15H,1-2H3,(H,25,26)/b24-15-. The van der Waals surface area contributed by atoms with Gasteiger partial charge in [0.15, 0.2) is 0 Å². The molecule has 0 fully saturated rings. The maximum absolute atomic E-state index is 13.2. The second-order valence-corrected chi connectivity index (χ2v) is 6.58. The number of nitrogens with zero attached hydrogens (tertiary/aromatic N) is 3. The van der Waals surface area contributed by atoms with Gasteiger partial charge in [-0.05, 0) is 36.8 Å². The fourth-order valence-electron chi connectivity index (χ4n) is 3.01. The Morgan fingerprint density at radius 1 is 1.03 bits per heavy atom. The molecule has 0 radical (unpaired) electrons. The van der Waals surface area contributed by atoms with Gasteiger partial charge >= 0.3 is 0 Å². The molecule has 0 unspecified atom stereocenters. The topological polar surface area (TPSA) is 68.5 Å². The predicted octanol–water partition coefficient (Wildman–Crippen LogP) is 4.15. The van der Waals surface area contributed by atoms with Crippen LogP contribution in [0.15, 0.2) is 82.7 Å². The van der Waals surface area contributed by atoms with E-state index in [4.69, 9.17) is 4.74 Å². The van der Waals surface area contributed by atoms with Gasteiger partial charge in [0, 0.05) is 6.07 Å². The lowest BCUT2D eigenvalue weighted by Crippen LogP contribution is -2.22. The molecule has 1 heterocycles. The van der Waals surface area contributed by atoms with E-state index >= 15 is 0 Å². The Labute approximate surface area is 168 Å². The molecule has 29 heavy (non-hydrogen) atoms. The number of anilines is 1. The van der Waals surface area contributed by atoms with Gasteiger partial charge in [0.1, 0.15) is 5.75 Å². The summed E-state index contributed by atoms with van der Waals surface area (Å²) in [6.45, 7) is 2.03. The number of benzene rings is 3. The molecule has 4 rings (SSSR count). The lowest BCUT2D eigenvalue weighted by molar-refractivity contribution is 0.414. The normalized spacial score (nSPS) is 11.1. The van der Waals surface area contributed by atoms with E-state index in [1.165, 1.54) is 10.1 Å². The van der Waals surface area contributed by atoms with E-state index in [0.717, 1.165) is 5.56 Å². The van der Waals surface area contributed by atoms with E-state index in [0.29, 0.717) is 28.3 Å². The molecule has 6 nitrogen and oxygen atoms in total. The van der Waals surface area contributed by atoms with Crippen LogP contribution in [0, 0.1) is 6.92 Å². The number of hydrogen-bond donors (Lipinski definition) is 1. The number of para-hydroxylation sites is 1. The minimum Gasteiger partial charge on any atom is -0.497 e. The average Bonchev–Trinajstić information content (AvgIpc) is 2.75. The molecule has 3 aromatic carbocycles. The summed E-state index contributed by atoms with van der Waals surface area (Å²) in [6, 6.07) is 22.5. The number of methoxy groups -OCH3 is 1. The summed E-state index contributed by atoms with van der Waals surface area (Å²) in [5.41, 5.74) is 6.11. The number of nitrogens with one attached hydrogen (secondary N) is 1. The maximum Gasteiger partial charge on any atom is 0.267 e. The van der Waals surface area contributed by atoms with Crippen molar-refractivity contribution < 1.29 is 4.74 Å². The molecule has 0 saturated heterocycles. The summed E-state index contributed by atoms with van der Waals surface area (Å²) in [7, 11) is 1.59. The third kappa shape index (κ3) is 3.87. The minimum absolute atomic E-state index is 0.183. The molecule has 0 spiro atoms. The Morgan fingerprint density at radius 2 is 1.83 bits per heavy atom. The third-order valence-corrected chi connectivity index (χ3v) is 4.54. The van der Waals surface area contributed by atoms with E-state index in [2.05, 4.69) is 15.5 Å². The van der Waals surface area contributed by atoms with Gasteiger partial charge in [-0.1, -0.05) is 48.0 Å². The largest absolute Gasteiger partial charge is 0.497 e. The van der Waals surface area contributed by atoms with Crippen molar-refractivity contribution in [1.82, 2.24) is 9.55 Å². The monoisotopic (exact) mass is 384 g/mol. The van der Waals surface area contributed by atoms with Crippen molar-refractivity contribution in [2.45, 2.75) is 6.92 Å². The molecule has 0 aliphatic heterocycles. The van der Waals surface area contributed by atoms with Crippen LogP contribution in [0.1, 0.15) is 11.1 Å². The molecule has 6 heteroatoms. The number of aryl methyl sites for hydroxylation is 1. The molecule has 0 saturated carbocycles. The molecular formula is C23H20N4O2. The van der Waals surface area contributed by atoms with Crippen molar-refractivity contribution in [3.63, 3.8) is 0 Å². The van der Waals surface area contributed by atoms with Crippen molar-refractivity contribution in [2.75, 3.05) is 12.5 Å². The summed E-state index contributed by atoms with van der Waals surface area (Å²) in [5, 5.41) is 4.82. The smallest absolute Gasteiger partial charge is 0.267 e. The van der Waals surface area contributed by atoms with E-state index in [9.17, 15) is 4.79 Å². The lowest BCUT2D eigenvalue weighted by Gasteiger charge is -2.13. The van der Waals surface area contributed by atoms with Crippen molar-refractivity contribution in [3.05, 3.63) is 94.3 Å². The zero-order valence-electron chi connectivity index (χ0n) is 16.2. The first-order valence-electron chi connectivity index (χ1n) is 9.18. The van der Waals surface area contributed by atoms with E-state index in [1.807, 2.05) is 67.6 Å². The molecule has 0 amide bonds. The van der Waals surface area contributed by atoms with Crippen LogP contribution in [0.2, 0.25) is 0 Å². The Bertz CT molecular complexity index is 1240. The highest BCUT2D eigenvalue weighted by molar-refractivity contribution is 5.81.